The molecule has 1 aliphatic carbocycles. The fourth-order valence-electron chi connectivity index (χ4n) is 3.14. The van der Waals surface area contributed by atoms with Gasteiger partial charge in [0.05, 0.1) is 11.9 Å². The number of anilines is 1. The van der Waals surface area contributed by atoms with Crippen molar-refractivity contribution >= 4 is 16.9 Å². The molecule has 5 heteroatoms. The molecule has 0 aromatic carbocycles. The summed E-state index contributed by atoms with van der Waals surface area (Å²) in [6, 6.07) is 7.62. The number of nitrogens with one attached hydrogen (secondary N) is 2. The molecule has 3 aromatic heterocycles. The average molecular weight is 296 g/mol. The smallest absolute Gasteiger partial charge is 0.141 e. The van der Waals surface area contributed by atoms with E-state index in [2.05, 4.69) is 20.3 Å². The summed E-state index contributed by atoms with van der Waals surface area (Å²) in [5.74, 6) is 0.524. The van der Waals surface area contributed by atoms with E-state index >= 15 is 0 Å². The second-order valence-corrected chi connectivity index (χ2v) is 5.78. The molecule has 0 unspecified atom stereocenters. The molecule has 1 saturated carbocycles. The van der Waals surface area contributed by atoms with Crippen LogP contribution in [-0.4, -0.2) is 21.0 Å². The number of halogens is 1. The molecule has 0 amide bonds. The topological polar surface area (TPSA) is 53.6 Å². The van der Waals surface area contributed by atoms with Crippen LogP contribution in [0.5, 0.6) is 0 Å². The van der Waals surface area contributed by atoms with E-state index in [0.717, 1.165) is 28.1 Å². The molecule has 0 spiro atoms. The van der Waals surface area contributed by atoms with Gasteiger partial charge in [0, 0.05) is 23.2 Å². The van der Waals surface area contributed by atoms with Crippen LogP contribution in [0, 0.1) is 5.82 Å². The number of hydrogen-bond acceptors (Lipinski definition) is 3. The molecule has 22 heavy (non-hydrogen) atoms. The molecule has 112 valence electrons. The van der Waals surface area contributed by atoms with Gasteiger partial charge in [0.15, 0.2) is 0 Å². The van der Waals surface area contributed by atoms with Gasteiger partial charge in [-0.3, -0.25) is 4.98 Å². The van der Waals surface area contributed by atoms with Crippen molar-refractivity contribution < 1.29 is 4.39 Å². The van der Waals surface area contributed by atoms with Crippen LogP contribution < -0.4 is 5.32 Å². The molecule has 4 rings (SSSR count). The number of rotatable bonds is 3. The molecule has 1 fully saturated rings. The standard InChI is InChI=1S/C17H17FN4/c18-11-5-6-15(20-10-11)14-9-16(21-12-3-1-2-4-12)22-17-13(14)7-8-19-17/h5-10,12H,1-4H2,(H2,19,21,22). The van der Waals surface area contributed by atoms with Crippen molar-refractivity contribution in [2.24, 2.45) is 0 Å². The zero-order valence-electron chi connectivity index (χ0n) is 12.1. The quantitative estimate of drug-likeness (QED) is 0.764. The molecular formula is C17H17FN4. The van der Waals surface area contributed by atoms with Gasteiger partial charge in [-0.2, -0.15) is 0 Å². The van der Waals surface area contributed by atoms with Crippen LogP contribution in [0.2, 0.25) is 0 Å². The zero-order chi connectivity index (χ0) is 14.9. The van der Waals surface area contributed by atoms with E-state index in [1.165, 1.54) is 37.9 Å². The van der Waals surface area contributed by atoms with Gasteiger partial charge in [-0.05, 0) is 37.1 Å². The molecule has 2 N–H and O–H groups in total. The number of aromatic nitrogens is 3. The van der Waals surface area contributed by atoms with E-state index < -0.39 is 0 Å². The number of aromatic amines is 1. The SMILES string of the molecule is Fc1ccc(-c2cc(NC3CCCC3)nc3[nH]ccc23)nc1. The van der Waals surface area contributed by atoms with E-state index in [9.17, 15) is 4.39 Å². The van der Waals surface area contributed by atoms with Gasteiger partial charge in [-0.25, -0.2) is 9.37 Å². The summed E-state index contributed by atoms with van der Waals surface area (Å²) >= 11 is 0. The lowest BCUT2D eigenvalue weighted by atomic mass is 10.1. The van der Waals surface area contributed by atoms with Gasteiger partial charge < -0.3 is 10.3 Å². The Kier molecular flexibility index (Phi) is 3.25. The third-order valence-electron chi connectivity index (χ3n) is 4.24. The highest BCUT2D eigenvalue weighted by Gasteiger charge is 2.17. The van der Waals surface area contributed by atoms with Crippen molar-refractivity contribution in [3.8, 4) is 11.3 Å². The predicted octanol–water partition coefficient (Wildman–Crippen LogP) is 4.12. The van der Waals surface area contributed by atoms with E-state index in [-0.39, 0.29) is 5.82 Å². The Bertz CT molecular complexity index is 788. The Morgan fingerprint density at radius 2 is 2.05 bits per heavy atom. The van der Waals surface area contributed by atoms with Crippen molar-refractivity contribution in [2.75, 3.05) is 5.32 Å². The van der Waals surface area contributed by atoms with E-state index in [1.807, 2.05) is 18.3 Å². The summed E-state index contributed by atoms with van der Waals surface area (Å²) in [5, 5.41) is 4.51. The largest absolute Gasteiger partial charge is 0.367 e. The highest BCUT2D eigenvalue weighted by Crippen LogP contribution is 2.30. The number of fused-ring (bicyclic) bond motifs is 1. The normalized spacial score (nSPS) is 15.5. The van der Waals surface area contributed by atoms with Crippen LogP contribution >= 0.6 is 0 Å². The van der Waals surface area contributed by atoms with Crippen molar-refractivity contribution in [1.29, 1.82) is 0 Å². The van der Waals surface area contributed by atoms with E-state index in [1.54, 1.807) is 6.07 Å². The minimum atomic E-state index is -0.326. The molecule has 0 aliphatic heterocycles. The predicted molar refractivity (Wildman–Crippen MR) is 85.2 cm³/mol. The Hall–Kier alpha value is -2.43. The summed E-state index contributed by atoms with van der Waals surface area (Å²) in [5.41, 5.74) is 2.54. The maximum absolute atomic E-state index is 13.1. The monoisotopic (exact) mass is 296 g/mol. The number of H-pyrrole nitrogens is 1. The minimum Gasteiger partial charge on any atom is -0.367 e. The third-order valence-corrected chi connectivity index (χ3v) is 4.24. The van der Waals surface area contributed by atoms with Crippen molar-refractivity contribution in [3.63, 3.8) is 0 Å². The van der Waals surface area contributed by atoms with Gasteiger partial charge in [0.2, 0.25) is 0 Å². The van der Waals surface area contributed by atoms with Crippen LogP contribution in [0.25, 0.3) is 22.3 Å². The fourth-order valence-corrected chi connectivity index (χ4v) is 3.14. The summed E-state index contributed by atoms with van der Waals surface area (Å²) in [4.78, 5) is 12.0. The first-order valence-electron chi connectivity index (χ1n) is 7.66. The highest BCUT2D eigenvalue weighted by molar-refractivity contribution is 5.93. The molecule has 3 heterocycles. The first-order valence-corrected chi connectivity index (χ1v) is 7.66. The summed E-state index contributed by atoms with van der Waals surface area (Å²) in [7, 11) is 0. The van der Waals surface area contributed by atoms with Crippen LogP contribution in [0.15, 0.2) is 36.7 Å². The van der Waals surface area contributed by atoms with Crippen LogP contribution in [0.1, 0.15) is 25.7 Å². The van der Waals surface area contributed by atoms with Gasteiger partial charge >= 0.3 is 0 Å². The molecule has 4 nitrogen and oxygen atoms in total. The second kappa shape index (κ2) is 5.40. The van der Waals surface area contributed by atoms with E-state index in [4.69, 9.17) is 0 Å². The maximum atomic E-state index is 13.1. The first kappa shape index (κ1) is 13.2. The maximum Gasteiger partial charge on any atom is 0.141 e. The molecule has 0 bridgehead atoms. The average Bonchev–Trinajstić information content (AvgIpc) is 3.18. The molecule has 0 atom stereocenters. The first-order chi connectivity index (χ1) is 10.8. The van der Waals surface area contributed by atoms with E-state index in [0.29, 0.717) is 6.04 Å². The Morgan fingerprint density at radius 1 is 1.18 bits per heavy atom. The number of pyridine rings is 2. The minimum absolute atomic E-state index is 0.326. The van der Waals surface area contributed by atoms with Crippen LogP contribution in [0.3, 0.4) is 0 Å². The zero-order valence-corrected chi connectivity index (χ0v) is 12.1. The highest BCUT2D eigenvalue weighted by atomic mass is 19.1. The van der Waals surface area contributed by atoms with Gasteiger partial charge in [-0.1, -0.05) is 12.8 Å². The fraction of sp³-hybridized carbons (Fsp3) is 0.294. The van der Waals surface area contributed by atoms with Crippen LogP contribution in [0.4, 0.5) is 10.2 Å². The van der Waals surface area contributed by atoms with Crippen LogP contribution in [-0.2, 0) is 0 Å². The Balaban J connectivity index is 1.78. The number of hydrogen-bond donors (Lipinski definition) is 2. The second-order valence-electron chi connectivity index (χ2n) is 5.78. The Morgan fingerprint density at radius 3 is 2.82 bits per heavy atom. The summed E-state index contributed by atoms with van der Waals surface area (Å²) in [6.45, 7) is 0. The van der Waals surface area contributed by atoms with Crippen molar-refractivity contribution in [1.82, 2.24) is 15.0 Å². The molecule has 0 radical (unpaired) electrons. The van der Waals surface area contributed by atoms with Gasteiger partial charge in [0.25, 0.3) is 0 Å². The van der Waals surface area contributed by atoms with Gasteiger partial charge in [-0.15, -0.1) is 0 Å². The lowest BCUT2D eigenvalue weighted by molar-refractivity contribution is 0.622. The number of nitrogens with zero attached hydrogens (tertiary/aromatic N) is 2. The molecule has 1 aliphatic rings. The third kappa shape index (κ3) is 2.43. The Labute approximate surface area is 127 Å². The van der Waals surface area contributed by atoms with Crippen molar-refractivity contribution in [2.45, 2.75) is 31.7 Å². The molecule has 0 saturated heterocycles. The lowest BCUT2D eigenvalue weighted by Crippen LogP contribution is -2.15. The summed E-state index contributed by atoms with van der Waals surface area (Å²) < 4.78 is 13.1. The summed E-state index contributed by atoms with van der Waals surface area (Å²) in [6.07, 6.45) is 8.04. The van der Waals surface area contributed by atoms with Crippen molar-refractivity contribution in [3.05, 3.63) is 42.5 Å². The lowest BCUT2D eigenvalue weighted by Gasteiger charge is -2.14. The van der Waals surface area contributed by atoms with Gasteiger partial charge in [0.1, 0.15) is 17.3 Å². The molecular weight excluding hydrogens is 279 g/mol. The molecule has 3 aromatic rings.